The largest absolute Gasteiger partial charge is 0.480 e. The van der Waals surface area contributed by atoms with Gasteiger partial charge in [-0.3, -0.25) is 13.9 Å². The lowest BCUT2D eigenvalue weighted by Crippen LogP contribution is -2.27. The summed E-state index contributed by atoms with van der Waals surface area (Å²) < 4.78 is 2.95. The van der Waals surface area contributed by atoms with E-state index in [1.54, 1.807) is 10.6 Å². The molecule has 5 nitrogen and oxygen atoms in total. The average Bonchev–Trinajstić information content (AvgIpc) is 2.88. The minimum absolute atomic E-state index is 0.309. The van der Waals surface area contributed by atoms with Gasteiger partial charge in [-0.25, -0.2) is 4.79 Å². The van der Waals surface area contributed by atoms with Gasteiger partial charge in [0.15, 0.2) is 0 Å². The second-order valence-electron chi connectivity index (χ2n) is 5.98. The highest BCUT2D eigenvalue weighted by atomic mass is 16.4. The lowest BCUT2D eigenvalue weighted by Gasteiger charge is -2.08. The van der Waals surface area contributed by atoms with Gasteiger partial charge in [0.1, 0.15) is 6.54 Å². The van der Waals surface area contributed by atoms with Gasteiger partial charge < -0.3 is 5.11 Å². The van der Waals surface area contributed by atoms with Crippen LogP contribution in [0.3, 0.4) is 0 Å². The van der Waals surface area contributed by atoms with Crippen molar-refractivity contribution in [1.82, 2.24) is 9.13 Å². The zero-order valence-electron chi connectivity index (χ0n) is 13.4. The Morgan fingerprint density at radius 1 is 0.840 bits per heavy atom. The molecule has 1 heterocycles. The number of benzene rings is 3. The minimum Gasteiger partial charge on any atom is -0.480 e. The fourth-order valence-corrected chi connectivity index (χ4v) is 3.31. The number of nitrogens with zero attached hydrogens (tertiary/aromatic N) is 2. The molecule has 0 spiro atoms. The van der Waals surface area contributed by atoms with Crippen LogP contribution in [-0.2, 0) is 17.9 Å². The average molecular weight is 332 g/mol. The van der Waals surface area contributed by atoms with E-state index in [1.165, 1.54) is 4.57 Å². The number of hydrogen-bond donors (Lipinski definition) is 1. The van der Waals surface area contributed by atoms with Gasteiger partial charge in [0.25, 0.3) is 0 Å². The Kier molecular flexibility index (Phi) is 3.61. The normalized spacial score (nSPS) is 11.2. The lowest BCUT2D eigenvalue weighted by molar-refractivity contribution is -0.137. The molecule has 0 saturated carbocycles. The monoisotopic (exact) mass is 332 g/mol. The number of rotatable bonds is 4. The van der Waals surface area contributed by atoms with E-state index in [0.717, 1.165) is 21.9 Å². The molecule has 124 valence electrons. The SMILES string of the molecule is O=C(O)Cn1c(=O)n(Cc2cccc3ccccc23)c2ccccc21. The summed E-state index contributed by atoms with van der Waals surface area (Å²) in [6.45, 7) is 0.0508. The van der Waals surface area contributed by atoms with Crippen LogP contribution in [0.4, 0.5) is 0 Å². The topological polar surface area (TPSA) is 64.2 Å². The molecule has 0 radical (unpaired) electrons. The first-order valence-electron chi connectivity index (χ1n) is 8.01. The zero-order valence-corrected chi connectivity index (χ0v) is 13.4. The summed E-state index contributed by atoms with van der Waals surface area (Å²) in [6.07, 6.45) is 0. The molecule has 0 fully saturated rings. The molecular formula is C20H16N2O3. The van der Waals surface area contributed by atoms with Gasteiger partial charge in [-0.15, -0.1) is 0 Å². The number of aliphatic carboxylic acids is 1. The van der Waals surface area contributed by atoms with Crippen LogP contribution in [0.25, 0.3) is 21.8 Å². The molecule has 0 aliphatic heterocycles. The van der Waals surface area contributed by atoms with Crippen LogP contribution in [0, 0.1) is 0 Å². The summed E-state index contributed by atoms with van der Waals surface area (Å²) in [6, 6.07) is 21.3. The second kappa shape index (κ2) is 5.94. The summed E-state index contributed by atoms with van der Waals surface area (Å²) in [5.41, 5.74) is 2.09. The van der Waals surface area contributed by atoms with Crippen LogP contribution in [0.2, 0.25) is 0 Å². The molecule has 4 rings (SSSR count). The van der Waals surface area contributed by atoms with Crippen LogP contribution in [0.15, 0.2) is 71.5 Å². The van der Waals surface area contributed by atoms with Crippen molar-refractivity contribution in [3.8, 4) is 0 Å². The Labute approximate surface area is 143 Å². The maximum absolute atomic E-state index is 12.8. The minimum atomic E-state index is -1.03. The van der Waals surface area contributed by atoms with Crippen LogP contribution >= 0.6 is 0 Å². The molecule has 1 N–H and O–H groups in total. The number of aromatic nitrogens is 2. The van der Waals surface area contributed by atoms with Crippen molar-refractivity contribution in [2.75, 3.05) is 0 Å². The van der Waals surface area contributed by atoms with E-state index in [2.05, 4.69) is 0 Å². The predicted octanol–water partition coefficient (Wildman–Crippen LogP) is 3.09. The Morgan fingerprint density at radius 3 is 2.24 bits per heavy atom. The van der Waals surface area contributed by atoms with Crippen molar-refractivity contribution in [2.45, 2.75) is 13.1 Å². The molecule has 0 aliphatic rings. The third-order valence-electron chi connectivity index (χ3n) is 4.43. The highest BCUT2D eigenvalue weighted by molar-refractivity contribution is 5.86. The molecule has 0 atom stereocenters. The van der Waals surface area contributed by atoms with Crippen LogP contribution < -0.4 is 5.69 Å². The van der Waals surface area contributed by atoms with Crippen LogP contribution in [0.5, 0.6) is 0 Å². The van der Waals surface area contributed by atoms with Gasteiger partial charge in [0, 0.05) is 0 Å². The molecule has 0 amide bonds. The van der Waals surface area contributed by atoms with E-state index in [0.29, 0.717) is 12.1 Å². The molecule has 0 unspecified atom stereocenters. The first kappa shape index (κ1) is 15.2. The van der Waals surface area contributed by atoms with E-state index in [4.69, 9.17) is 5.11 Å². The molecule has 0 saturated heterocycles. The highest BCUT2D eigenvalue weighted by Gasteiger charge is 2.15. The van der Waals surface area contributed by atoms with E-state index in [-0.39, 0.29) is 12.2 Å². The molecule has 1 aromatic heterocycles. The van der Waals surface area contributed by atoms with Crippen molar-refractivity contribution in [3.63, 3.8) is 0 Å². The summed E-state index contributed by atoms with van der Waals surface area (Å²) in [7, 11) is 0. The van der Waals surface area contributed by atoms with Crippen LogP contribution in [-0.4, -0.2) is 20.2 Å². The van der Waals surface area contributed by atoms with Gasteiger partial charge in [0.2, 0.25) is 0 Å². The smallest absolute Gasteiger partial charge is 0.329 e. The highest BCUT2D eigenvalue weighted by Crippen LogP contribution is 2.21. The number of carboxylic acid groups (broad SMARTS) is 1. The molecule has 0 bridgehead atoms. The second-order valence-corrected chi connectivity index (χ2v) is 5.98. The number of carboxylic acids is 1. The molecular weight excluding hydrogens is 316 g/mol. The molecule has 0 aliphatic carbocycles. The Morgan fingerprint density at radius 2 is 1.48 bits per heavy atom. The summed E-state index contributed by atoms with van der Waals surface area (Å²) >= 11 is 0. The Hall–Kier alpha value is -3.34. The first-order valence-corrected chi connectivity index (χ1v) is 8.01. The number of carbonyl (C=O) groups is 1. The quantitative estimate of drug-likeness (QED) is 0.624. The molecule has 4 aromatic rings. The fraction of sp³-hybridized carbons (Fsp3) is 0.100. The molecule has 25 heavy (non-hydrogen) atoms. The fourth-order valence-electron chi connectivity index (χ4n) is 3.31. The van der Waals surface area contributed by atoms with Crippen molar-refractivity contribution < 1.29 is 9.90 Å². The summed E-state index contributed by atoms with van der Waals surface area (Å²) in [4.78, 5) is 24.0. The van der Waals surface area contributed by atoms with Gasteiger partial charge >= 0.3 is 11.7 Å². The predicted molar refractivity (Wildman–Crippen MR) is 96.9 cm³/mol. The Balaban J connectivity index is 1.91. The van der Waals surface area contributed by atoms with E-state index < -0.39 is 5.97 Å². The number of hydrogen-bond acceptors (Lipinski definition) is 2. The van der Waals surface area contributed by atoms with Crippen molar-refractivity contribution in [2.24, 2.45) is 0 Å². The Bertz CT molecular complexity index is 1150. The number of fused-ring (bicyclic) bond motifs is 2. The number of para-hydroxylation sites is 2. The van der Waals surface area contributed by atoms with Crippen molar-refractivity contribution in [1.29, 1.82) is 0 Å². The summed E-state index contributed by atoms with van der Waals surface area (Å²) in [5.74, 6) is -1.03. The van der Waals surface area contributed by atoms with Crippen molar-refractivity contribution >= 4 is 27.8 Å². The van der Waals surface area contributed by atoms with Crippen molar-refractivity contribution in [3.05, 3.63) is 82.8 Å². The van der Waals surface area contributed by atoms with Crippen LogP contribution in [0.1, 0.15) is 5.56 Å². The first-order chi connectivity index (χ1) is 12.1. The van der Waals surface area contributed by atoms with E-state index in [9.17, 15) is 9.59 Å². The number of imidazole rings is 1. The molecule has 5 heteroatoms. The third-order valence-corrected chi connectivity index (χ3v) is 4.43. The third kappa shape index (κ3) is 2.59. The maximum Gasteiger partial charge on any atom is 0.329 e. The van der Waals surface area contributed by atoms with Gasteiger partial charge in [-0.05, 0) is 28.5 Å². The van der Waals surface area contributed by atoms with Gasteiger partial charge in [0.05, 0.1) is 17.6 Å². The maximum atomic E-state index is 12.8. The zero-order chi connectivity index (χ0) is 17.4. The molecule has 3 aromatic carbocycles. The summed E-state index contributed by atoms with van der Waals surface area (Å²) in [5, 5.41) is 11.3. The van der Waals surface area contributed by atoms with E-state index in [1.807, 2.05) is 60.7 Å². The lowest BCUT2D eigenvalue weighted by atomic mass is 10.0. The van der Waals surface area contributed by atoms with E-state index >= 15 is 0 Å². The van der Waals surface area contributed by atoms with Gasteiger partial charge in [-0.1, -0.05) is 54.6 Å². The standard InChI is InChI=1S/C20H16N2O3/c23-19(24)13-22-18-11-4-3-10-17(18)21(20(22)25)12-15-8-5-7-14-6-1-2-9-16(14)15/h1-11H,12-13H2,(H,23,24). The van der Waals surface area contributed by atoms with Gasteiger partial charge in [-0.2, -0.15) is 0 Å².